The number of cyclic esters (lactones) is 2. The summed E-state index contributed by atoms with van der Waals surface area (Å²) in [4.78, 5) is 38.4. The van der Waals surface area contributed by atoms with Crippen LogP contribution in [0.15, 0.2) is 23.0 Å². The quantitative estimate of drug-likeness (QED) is 0.259. The van der Waals surface area contributed by atoms with E-state index in [2.05, 4.69) is 0 Å². The lowest BCUT2D eigenvalue weighted by Crippen LogP contribution is -2.50. The van der Waals surface area contributed by atoms with Gasteiger partial charge in [-0.05, 0) is 17.7 Å². The summed E-state index contributed by atoms with van der Waals surface area (Å²) < 4.78 is 16.1. The van der Waals surface area contributed by atoms with Gasteiger partial charge in [-0.3, -0.25) is 18.7 Å². The van der Waals surface area contributed by atoms with Crippen molar-refractivity contribution in [1.82, 2.24) is 13.7 Å². The monoisotopic (exact) mass is 442 g/mol. The second-order valence-corrected chi connectivity index (χ2v) is 8.73. The number of ether oxygens (including phenoxy) is 2. The van der Waals surface area contributed by atoms with E-state index >= 15 is 0 Å². The highest BCUT2D eigenvalue weighted by Gasteiger charge is 2.51. The van der Waals surface area contributed by atoms with E-state index in [0.29, 0.717) is 28.0 Å². The highest BCUT2D eigenvalue weighted by Crippen LogP contribution is 2.38. The molecule has 0 spiro atoms. The maximum Gasteiger partial charge on any atom is 0.328 e. The smallest absolute Gasteiger partial charge is 0.328 e. The molecule has 4 rings (SSSR count). The predicted molar refractivity (Wildman–Crippen MR) is 114 cm³/mol. The Kier molecular flexibility index (Phi) is 4.72. The van der Waals surface area contributed by atoms with Crippen molar-refractivity contribution >= 4 is 23.0 Å². The molecule has 3 aromatic rings. The van der Waals surface area contributed by atoms with E-state index in [9.17, 15) is 19.6 Å². The minimum Gasteiger partial charge on any atom is -0.711 e. The van der Waals surface area contributed by atoms with Crippen LogP contribution in [-0.2, 0) is 40.2 Å². The molecule has 0 bridgehead atoms. The highest BCUT2D eigenvalue weighted by molar-refractivity contribution is 5.98. The predicted octanol–water partition coefficient (Wildman–Crippen LogP) is 1.05. The van der Waals surface area contributed by atoms with E-state index in [1.807, 2.05) is 0 Å². The minimum atomic E-state index is -1.39. The standard InChI is InChI=1S/C22H26N4O6/c1-11-12(2)26(30)18(23(11)5)16(17-19(27)31-22(3,4)32-20(17)28)13-8-9-14-15(10-13)25(7)21(29)24(14)6/h8-10,16-17H,1-7H3/t16-/m0/s1. The van der Waals surface area contributed by atoms with E-state index in [-0.39, 0.29) is 11.5 Å². The number of hydrogen-bond donors (Lipinski definition) is 0. The zero-order chi connectivity index (χ0) is 23.7. The second kappa shape index (κ2) is 6.98. The molecule has 0 saturated carbocycles. The van der Waals surface area contributed by atoms with Gasteiger partial charge in [0.15, 0.2) is 5.92 Å². The third-order valence-electron chi connectivity index (χ3n) is 6.35. The van der Waals surface area contributed by atoms with Crippen LogP contribution in [0.3, 0.4) is 0 Å². The third-order valence-corrected chi connectivity index (χ3v) is 6.35. The maximum atomic E-state index is 13.1. The summed E-state index contributed by atoms with van der Waals surface area (Å²) >= 11 is 0. The number of carbonyl (C=O) groups excluding carboxylic acids is 2. The van der Waals surface area contributed by atoms with Crippen molar-refractivity contribution in [3.63, 3.8) is 0 Å². The number of imidazole rings is 2. The number of esters is 2. The highest BCUT2D eigenvalue weighted by atomic mass is 16.7. The molecule has 1 fully saturated rings. The van der Waals surface area contributed by atoms with E-state index in [4.69, 9.17) is 9.47 Å². The molecule has 1 atom stereocenters. The summed E-state index contributed by atoms with van der Waals surface area (Å²) in [5.41, 5.74) is 2.76. The normalized spacial score (nSPS) is 17.5. The molecule has 32 heavy (non-hydrogen) atoms. The molecule has 1 aliphatic rings. The van der Waals surface area contributed by atoms with Crippen molar-refractivity contribution < 1.29 is 23.8 Å². The zero-order valence-electron chi connectivity index (χ0n) is 19.1. The Morgan fingerprint density at radius 1 is 0.969 bits per heavy atom. The maximum absolute atomic E-state index is 13.1. The van der Waals surface area contributed by atoms with Gasteiger partial charge in [0.2, 0.25) is 0 Å². The van der Waals surface area contributed by atoms with Gasteiger partial charge in [-0.2, -0.15) is 0 Å². The number of hydrogen-bond acceptors (Lipinski definition) is 6. The lowest BCUT2D eigenvalue weighted by Gasteiger charge is -2.35. The van der Waals surface area contributed by atoms with Crippen LogP contribution in [0.25, 0.3) is 11.0 Å². The fourth-order valence-electron chi connectivity index (χ4n) is 4.41. The summed E-state index contributed by atoms with van der Waals surface area (Å²) in [5, 5.41) is 13.1. The van der Waals surface area contributed by atoms with Crippen LogP contribution in [-0.4, -0.2) is 31.4 Å². The molecule has 0 radical (unpaired) electrons. The zero-order valence-corrected chi connectivity index (χ0v) is 19.1. The van der Waals surface area contributed by atoms with E-state index in [0.717, 1.165) is 4.73 Å². The second-order valence-electron chi connectivity index (χ2n) is 8.73. The average molecular weight is 442 g/mol. The molecule has 1 saturated heterocycles. The largest absolute Gasteiger partial charge is 0.711 e. The molecule has 10 heteroatoms. The first kappa shape index (κ1) is 21.7. The Balaban J connectivity index is 2.00. The number of nitrogens with zero attached hydrogens (tertiary/aromatic N) is 4. The van der Waals surface area contributed by atoms with Crippen molar-refractivity contribution in [3.8, 4) is 0 Å². The number of rotatable bonds is 3. The summed E-state index contributed by atoms with van der Waals surface area (Å²) in [6.07, 6.45) is 0. The Hall–Kier alpha value is -3.56. The molecule has 0 unspecified atom stereocenters. The van der Waals surface area contributed by atoms with Crippen LogP contribution in [0.2, 0.25) is 0 Å². The number of carbonyl (C=O) groups is 2. The minimum absolute atomic E-state index is 0.207. The Morgan fingerprint density at radius 3 is 2.06 bits per heavy atom. The van der Waals surface area contributed by atoms with Crippen LogP contribution >= 0.6 is 0 Å². The van der Waals surface area contributed by atoms with Crippen molar-refractivity contribution in [2.45, 2.75) is 39.4 Å². The Morgan fingerprint density at radius 2 is 1.53 bits per heavy atom. The van der Waals surface area contributed by atoms with Gasteiger partial charge in [-0.1, -0.05) is 6.07 Å². The SMILES string of the molecule is Cc1c(C)[n+]([O-])c([C@@H](c2ccc3c(c2)n(C)c(=O)n3C)C2C(=O)OC(C)(C)OC2=O)n1C. The molecule has 2 aromatic heterocycles. The van der Waals surface area contributed by atoms with Crippen molar-refractivity contribution in [2.24, 2.45) is 27.1 Å². The van der Waals surface area contributed by atoms with Gasteiger partial charge in [0.05, 0.1) is 18.1 Å². The average Bonchev–Trinajstić information content (AvgIpc) is 3.04. The topological polar surface area (TPSA) is 111 Å². The summed E-state index contributed by atoms with van der Waals surface area (Å²) in [5.74, 6) is -5.09. The molecule has 0 aliphatic carbocycles. The van der Waals surface area contributed by atoms with Gasteiger partial charge in [-0.15, -0.1) is 0 Å². The molecular formula is C22H26N4O6. The van der Waals surface area contributed by atoms with Crippen LogP contribution in [0.5, 0.6) is 0 Å². The fourth-order valence-corrected chi connectivity index (χ4v) is 4.41. The Labute approximate surface area is 184 Å². The van der Waals surface area contributed by atoms with E-state index in [1.165, 1.54) is 23.0 Å². The van der Waals surface area contributed by atoms with E-state index in [1.54, 1.807) is 57.8 Å². The first-order valence-corrected chi connectivity index (χ1v) is 10.2. The molecule has 1 aromatic carbocycles. The van der Waals surface area contributed by atoms with E-state index < -0.39 is 29.6 Å². The van der Waals surface area contributed by atoms with Gasteiger partial charge in [-0.25, -0.2) is 14.1 Å². The van der Waals surface area contributed by atoms with Gasteiger partial charge in [0.1, 0.15) is 17.3 Å². The molecular weight excluding hydrogens is 416 g/mol. The van der Waals surface area contributed by atoms with Gasteiger partial charge >= 0.3 is 17.6 Å². The summed E-state index contributed by atoms with van der Waals surface area (Å²) in [7, 11) is 5.01. The van der Waals surface area contributed by atoms with Gasteiger partial charge < -0.3 is 14.7 Å². The first-order valence-electron chi connectivity index (χ1n) is 10.2. The Bertz CT molecular complexity index is 1300. The van der Waals surface area contributed by atoms with Crippen LogP contribution < -0.4 is 10.4 Å². The summed E-state index contributed by atoms with van der Waals surface area (Å²) in [6, 6.07) is 5.17. The molecule has 0 N–H and O–H groups in total. The summed E-state index contributed by atoms with van der Waals surface area (Å²) in [6.45, 7) is 6.41. The van der Waals surface area contributed by atoms with Crippen molar-refractivity contribution in [2.75, 3.05) is 0 Å². The van der Waals surface area contributed by atoms with Crippen LogP contribution in [0, 0.1) is 25.0 Å². The van der Waals surface area contributed by atoms with Crippen LogP contribution in [0.4, 0.5) is 0 Å². The molecule has 10 nitrogen and oxygen atoms in total. The van der Waals surface area contributed by atoms with Crippen LogP contribution in [0.1, 0.15) is 42.5 Å². The lowest BCUT2D eigenvalue weighted by molar-refractivity contribution is -0.621. The third kappa shape index (κ3) is 3.01. The van der Waals surface area contributed by atoms with Crippen molar-refractivity contribution in [1.29, 1.82) is 0 Å². The number of fused-ring (bicyclic) bond motifs is 1. The van der Waals surface area contributed by atoms with Gasteiger partial charge in [0, 0.05) is 41.8 Å². The molecule has 0 amide bonds. The fraction of sp³-hybridized carbons (Fsp3) is 0.455. The number of aromatic nitrogens is 4. The number of aryl methyl sites for hydroxylation is 2. The first-order chi connectivity index (χ1) is 14.9. The van der Waals surface area contributed by atoms with Crippen molar-refractivity contribution in [3.05, 3.63) is 56.7 Å². The number of benzene rings is 1. The van der Waals surface area contributed by atoms with Gasteiger partial charge in [0.25, 0.3) is 11.6 Å². The molecule has 1 aliphatic heterocycles. The molecule has 170 valence electrons. The molecule has 3 heterocycles. The lowest BCUT2D eigenvalue weighted by atomic mass is 9.84.